The monoisotopic (exact) mass is 277 g/mol. The van der Waals surface area contributed by atoms with E-state index >= 15 is 0 Å². The zero-order valence-electron chi connectivity index (χ0n) is 12.0. The molecule has 4 heteroatoms. The molecule has 1 aromatic rings. The lowest BCUT2D eigenvalue weighted by molar-refractivity contribution is -0.130. The molecule has 1 amide bonds. The molecule has 1 aliphatic rings. The van der Waals surface area contributed by atoms with Crippen LogP contribution in [-0.4, -0.2) is 42.7 Å². The molecule has 1 saturated heterocycles. The Morgan fingerprint density at radius 2 is 2.15 bits per heavy atom. The van der Waals surface area contributed by atoms with Gasteiger partial charge >= 0.3 is 0 Å². The first-order valence-corrected chi connectivity index (χ1v) is 7.24. The number of carbonyl (C=O) groups is 1. The van der Waals surface area contributed by atoms with Crippen LogP contribution < -0.4 is 4.74 Å². The van der Waals surface area contributed by atoms with Gasteiger partial charge in [0.1, 0.15) is 5.75 Å². The van der Waals surface area contributed by atoms with Crippen LogP contribution in [0.15, 0.2) is 24.3 Å². The standard InChI is InChI=1S/C16H23NO3/c1-20-15-5-2-13(3-6-15)4-7-16(19)17-10-8-14(12-17)9-11-18/h2-3,5-6,14,18H,4,7-12H2,1H3. The summed E-state index contributed by atoms with van der Waals surface area (Å²) < 4.78 is 5.12. The van der Waals surface area contributed by atoms with Gasteiger partial charge in [0.2, 0.25) is 5.91 Å². The van der Waals surface area contributed by atoms with E-state index in [1.54, 1.807) is 7.11 Å². The minimum absolute atomic E-state index is 0.221. The van der Waals surface area contributed by atoms with Gasteiger partial charge in [0, 0.05) is 26.1 Å². The second-order valence-corrected chi connectivity index (χ2v) is 5.35. The molecule has 2 rings (SSSR count). The maximum Gasteiger partial charge on any atom is 0.222 e. The first-order chi connectivity index (χ1) is 9.72. The van der Waals surface area contributed by atoms with E-state index in [4.69, 9.17) is 9.84 Å². The van der Waals surface area contributed by atoms with Crippen LogP contribution in [0.3, 0.4) is 0 Å². The number of carbonyl (C=O) groups excluding carboxylic acids is 1. The van der Waals surface area contributed by atoms with Gasteiger partial charge in [-0.3, -0.25) is 4.79 Å². The number of aryl methyl sites for hydroxylation is 1. The third-order valence-electron chi connectivity index (χ3n) is 3.96. The van der Waals surface area contributed by atoms with Gasteiger partial charge in [0.25, 0.3) is 0 Å². The van der Waals surface area contributed by atoms with Crippen molar-refractivity contribution in [1.82, 2.24) is 4.90 Å². The van der Waals surface area contributed by atoms with Crippen molar-refractivity contribution in [3.63, 3.8) is 0 Å². The largest absolute Gasteiger partial charge is 0.497 e. The van der Waals surface area contributed by atoms with Gasteiger partial charge in [-0.15, -0.1) is 0 Å². The number of amides is 1. The van der Waals surface area contributed by atoms with Crippen molar-refractivity contribution >= 4 is 5.91 Å². The highest BCUT2D eigenvalue weighted by Crippen LogP contribution is 2.20. The van der Waals surface area contributed by atoms with Crippen LogP contribution in [0.5, 0.6) is 5.75 Å². The maximum absolute atomic E-state index is 12.1. The van der Waals surface area contributed by atoms with E-state index < -0.39 is 0 Å². The molecule has 1 unspecified atom stereocenters. The molecule has 1 heterocycles. The van der Waals surface area contributed by atoms with Crippen molar-refractivity contribution in [2.75, 3.05) is 26.8 Å². The van der Waals surface area contributed by atoms with Gasteiger partial charge in [-0.2, -0.15) is 0 Å². The summed E-state index contributed by atoms with van der Waals surface area (Å²) in [4.78, 5) is 14.1. The summed E-state index contributed by atoms with van der Waals surface area (Å²) in [5, 5.41) is 8.93. The zero-order valence-corrected chi connectivity index (χ0v) is 12.0. The highest BCUT2D eigenvalue weighted by atomic mass is 16.5. The summed E-state index contributed by atoms with van der Waals surface area (Å²) in [5.74, 6) is 1.54. The van der Waals surface area contributed by atoms with E-state index in [1.165, 1.54) is 0 Å². The molecule has 0 radical (unpaired) electrons. The third kappa shape index (κ3) is 3.97. The van der Waals surface area contributed by atoms with E-state index in [1.807, 2.05) is 29.2 Å². The van der Waals surface area contributed by atoms with Crippen molar-refractivity contribution in [3.8, 4) is 5.75 Å². The predicted octanol–water partition coefficient (Wildman–Crippen LogP) is 1.86. The van der Waals surface area contributed by atoms with Gasteiger partial charge < -0.3 is 14.7 Å². The van der Waals surface area contributed by atoms with Crippen LogP contribution in [-0.2, 0) is 11.2 Å². The highest BCUT2D eigenvalue weighted by molar-refractivity contribution is 5.76. The second kappa shape index (κ2) is 7.29. The number of likely N-dealkylation sites (tertiary alicyclic amines) is 1. The molecule has 0 aromatic heterocycles. The molecule has 0 bridgehead atoms. The molecule has 110 valence electrons. The first-order valence-electron chi connectivity index (χ1n) is 7.24. The van der Waals surface area contributed by atoms with Crippen LogP contribution in [0.4, 0.5) is 0 Å². The van der Waals surface area contributed by atoms with E-state index in [9.17, 15) is 4.79 Å². The summed E-state index contributed by atoms with van der Waals surface area (Å²) >= 11 is 0. The highest BCUT2D eigenvalue weighted by Gasteiger charge is 2.25. The fourth-order valence-corrected chi connectivity index (χ4v) is 2.68. The van der Waals surface area contributed by atoms with Crippen molar-refractivity contribution in [2.45, 2.75) is 25.7 Å². The van der Waals surface area contributed by atoms with Crippen LogP contribution >= 0.6 is 0 Å². The average Bonchev–Trinajstić information content (AvgIpc) is 2.94. The van der Waals surface area contributed by atoms with Gasteiger partial charge in [0.05, 0.1) is 7.11 Å². The number of aliphatic hydroxyl groups is 1. The lowest BCUT2D eigenvalue weighted by atomic mass is 10.1. The Hall–Kier alpha value is -1.55. The van der Waals surface area contributed by atoms with Crippen molar-refractivity contribution in [1.29, 1.82) is 0 Å². The summed E-state index contributed by atoms with van der Waals surface area (Å²) in [6.45, 7) is 1.87. The fraction of sp³-hybridized carbons (Fsp3) is 0.562. The van der Waals surface area contributed by atoms with Crippen LogP contribution in [0.25, 0.3) is 0 Å². The summed E-state index contributed by atoms with van der Waals surface area (Å²) in [7, 11) is 1.65. The Balaban J connectivity index is 1.77. The minimum Gasteiger partial charge on any atom is -0.497 e. The Bertz CT molecular complexity index is 430. The number of methoxy groups -OCH3 is 1. The summed E-state index contributed by atoms with van der Waals surface area (Å²) in [6, 6.07) is 7.86. The molecule has 1 aromatic carbocycles. The summed E-state index contributed by atoms with van der Waals surface area (Å²) in [6.07, 6.45) is 3.15. The van der Waals surface area contributed by atoms with Crippen LogP contribution in [0, 0.1) is 5.92 Å². The Labute approximate surface area is 120 Å². The average molecular weight is 277 g/mol. The molecule has 0 spiro atoms. The SMILES string of the molecule is COc1ccc(CCC(=O)N2CCC(CCO)C2)cc1. The summed E-state index contributed by atoms with van der Waals surface area (Å²) in [5.41, 5.74) is 1.16. The molecule has 1 aliphatic heterocycles. The number of hydrogen-bond acceptors (Lipinski definition) is 3. The molecule has 4 nitrogen and oxygen atoms in total. The normalized spacial score (nSPS) is 18.3. The van der Waals surface area contributed by atoms with Crippen LogP contribution in [0.2, 0.25) is 0 Å². The van der Waals surface area contributed by atoms with E-state index in [0.29, 0.717) is 12.3 Å². The lowest BCUT2D eigenvalue weighted by Crippen LogP contribution is -2.28. The van der Waals surface area contributed by atoms with Gasteiger partial charge in [-0.05, 0) is 42.9 Å². The number of ether oxygens (including phenoxy) is 1. The molecular formula is C16H23NO3. The molecule has 1 atom stereocenters. The molecular weight excluding hydrogens is 254 g/mol. The van der Waals surface area contributed by atoms with Gasteiger partial charge in [-0.1, -0.05) is 12.1 Å². The number of nitrogens with zero attached hydrogens (tertiary/aromatic N) is 1. The molecule has 1 fully saturated rings. The predicted molar refractivity (Wildman–Crippen MR) is 77.7 cm³/mol. The van der Waals surface area contributed by atoms with E-state index in [-0.39, 0.29) is 12.5 Å². The van der Waals surface area contributed by atoms with E-state index in [0.717, 1.165) is 43.7 Å². The smallest absolute Gasteiger partial charge is 0.222 e. The fourth-order valence-electron chi connectivity index (χ4n) is 2.68. The van der Waals surface area contributed by atoms with Gasteiger partial charge in [0.15, 0.2) is 0 Å². The number of aliphatic hydroxyl groups excluding tert-OH is 1. The number of hydrogen-bond donors (Lipinski definition) is 1. The van der Waals surface area contributed by atoms with Crippen molar-refractivity contribution in [2.24, 2.45) is 5.92 Å². The second-order valence-electron chi connectivity index (χ2n) is 5.35. The maximum atomic E-state index is 12.1. The first kappa shape index (κ1) is 14.9. The number of rotatable bonds is 6. The van der Waals surface area contributed by atoms with Crippen molar-refractivity contribution in [3.05, 3.63) is 29.8 Å². The molecule has 20 heavy (non-hydrogen) atoms. The lowest BCUT2D eigenvalue weighted by Gasteiger charge is -2.16. The minimum atomic E-state index is 0.221. The Morgan fingerprint density at radius 1 is 1.40 bits per heavy atom. The Kier molecular flexibility index (Phi) is 5.41. The number of benzene rings is 1. The third-order valence-corrected chi connectivity index (χ3v) is 3.96. The zero-order chi connectivity index (χ0) is 14.4. The quantitative estimate of drug-likeness (QED) is 0.863. The Morgan fingerprint density at radius 3 is 2.80 bits per heavy atom. The van der Waals surface area contributed by atoms with Crippen molar-refractivity contribution < 1.29 is 14.6 Å². The molecule has 0 aliphatic carbocycles. The topological polar surface area (TPSA) is 49.8 Å². The van der Waals surface area contributed by atoms with Gasteiger partial charge in [-0.25, -0.2) is 0 Å². The van der Waals surface area contributed by atoms with Crippen LogP contribution in [0.1, 0.15) is 24.8 Å². The van der Waals surface area contributed by atoms with E-state index in [2.05, 4.69) is 0 Å². The molecule has 0 saturated carbocycles. The molecule has 1 N–H and O–H groups in total.